The normalized spacial score (nSPS) is 14.9. The maximum absolute atomic E-state index is 6.20. The minimum Gasteiger partial charge on any atom is -0.416 e. The first kappa shape index (κ1) is 15.6. The van der Waals surface area contributed by atoms with Crippen LogP contribution in [0, 0.1) is 5.41 Å². The Balaban J connectivity index is 4.39. The third-order valence-electron chi connectivity index (χ3n) is 3.13. The molecule has 0 aliphatic heterocycles. The van der Waals surface area contributed by atoms with E-state index in [9.17, 15) is 0 Å². The predicted molar refractivity (Wildman–Crippen MR) is 80.1 cm³/mol. The fourth-order valence-corrected chi connectivity index (χ4v) is 2.94. The first-order valence-electron chi connectivity index (χ1n) is 5.44. The van der Waals surface area contributed by atoms with E-state index in [4.69, 9.17) is 4.43 Å². The van der Waals surface area contributed by atoms with Crippen LogP contribution < -0.4 is 0 Å². The molecule has 0 aromatic rings. The van der Waals surface area contributed by atoms with E-state index < -0.39 is 8.32 Å². The average Bonchev–Trinajstić information content (AvgIpc) is 1.99. The van der Waals surface area contributed by atoms with Crippen LogP contribution in [-0.2, 0) is 4.43 Å². The van der Waals surface area contributed by atoms with Crippen LogP contribution in [0.25, 0.3) is 0 Å². The minimum absolute atomic E-state index is 0.150. The van der Waals surface area contributed by atoms with Crippen LogP contribution in [0.4, 0.5) is 0 Å². The Kier molecular flexibility index (Phi) is 5.55. The maximum atomic E-state index is 6.20. The summed E-state index contributed by atoms with van der Waals surface area (Å²) in [6.07, 6.45) is 2.21. The van der Waals surface area contributed by atoms with E-state index in [0.717, 1.165) is 6.61 Å². The van der Waals surface area contributed by atoms with E-state index in [0.29, 0.717) is 5.04 Å². The lowest BCUT2D eigenvalue weighted by atomic mass is 9.96. The zero-order valence-corrected chi connectivity index (χ0v) is 14.3. The molecule has 0 unspecified atom stereocenters. The van der Waals surface area contributed by atoms with Crippen LogP contribution in [0.15, 0.2) is 10.2 Å². The molecule has 0 N–H and O–H groups in total. The molecule has 1 nitrogen and oxygen atoms in total. The number of rotatable bonds is 4. The molecule has 0 saturated carbocycles. The van der Waals surface area contributed by atoms with Crippen molar-refractivity contribution in [1.29, 1.82) is 0 Å². The molecular formula is C12H25IOSi. The molecule has 3 heteroatoms. The van der Waals surface area contributed by atoms with Crippen molar-refractivity contribution < 1.29 is 4.43 Å². The van der Waals surface area contributed by atoms with Gasteiger partial charge in [-0.15, -0.1) is 0 Å². The Morgan fingerprint density at radius 2 is 1.60 bits per heavy atom. The van der Waals surface area contributed by atoms with E-state index in [1.54, 1.807) is 0 Å². The third kappa shape index (κ3) is 5.50. The van der Waals surface area contributed by atoms with Gasteiger partial charge in [-0.2, -0.15) is 0 Å². The topological polar surface area (TPSA) is 9.23 Å². The molecule has 90 valence electrons. The summed E-state index contributed by atoms with van der Waals surface area (Å²) in [5, 5.41) is 0.303. The van der Waals surface area contributed by atoms with Crippen LogP contribution in [0.1, 0.15) is 34.6 Å². The second-order valence-electron chi connectivity index (χ2n) is 6.33. The van der Waals surface area contributed by atoms with Crippen molar-refractivity contribution in [3.05, 3.63) is 10.2 Å². The van der Waals surface area contributed by atoms with E-state index in [1.165, 1.54) is 0 Å². The second kappa shape index (κ2) is 5.32. The van der Waals surface area contributed by atoms with Gasteiger partial charge in [0.15, 0.2) is 8.32 Å². The van der Waals surface area contributed by atoms with Crippen molar-refractivity contribution >= 4 is 30.9 Å². The molecule has 0 aromatic carbocycles. The summed E-state index contributed by atoms with van der Waals surface area (Å²) >= 11 is 2.26. The van der Waals surface area contributed by atoms with Crippen molar-refractivity contribution in [2.24, 2.45) is 5.41 Å². The van der Waals surface area contributed by atoms with Crippen LogP contribution in [0.3, 0.4) is 0 Å². The van der Waals surface area contributed by atoms with Crippen molar-refractivity contribution in [3.63, 3.8) is 0 Å². The minimum atomic E-state index is -1.58. The summed E-state index contributed by atoms with van der Waals surface area (Å²) in [4.78, 5) is 0. The lowest BCUT2D eigenvalue weighted by Gasteiger charge is -2.38. The lowest BCUT2D eigenvalue weighted by molar-refractivity contribution is 0.203. The highest BCUT2D eigenvalue weighted by Crippen LogP contribution is 2.37. The predicted octanol–water partition coefficient (Wildman–Crippen LogP) is 4.98. The molecule has 0 aliphatic rings. The van der Waals surface area contributed by atoms with Gasteiger partial charge in [0.05, 0.1) is 0 Å². The van der Waals surface area contributed by atoms with Crippen LogP contribution in [0.5, 0.6) is 0 Å². The van der Waals surface area contributed by atoms with Gasteiger partial charge in [0.2, 0.25) is 0 Å². The fraction of sp³-hybridized carbons (Fsp3) is 0.833. The Labute approximate surface area is 110 Å². The molecule has 0 atom stereocenters. The zero-order chi connectivity index (χ0) is 12.3. The average molecular weight is 340 g/mol. The SMILES string of the molecule is CC(C)(/C=C/I)CO[Si](C)(C)C(C)(C)C. The van der Waals surface area contributed by atoms with Crippen molar-refractivity contribution in [2.75, 3.05) is 6.61 Å². The van der Waals surface area contributed by atoms with Gasteiger partial charge in [0, 0.05) is 12.0 Å². The number of hydrogen-bond acceptors (Lipinski definition) is 1. The third-order valence-corrected chi connectivity index (χ3v) is 7.96. The van der Waals surface area contributed by atoms with Gasteiger partial charge in [-0.1, -0.05) is 63.3 Å². The van der Waals surface area contributed by atoms with Gasteiger partial charge in [-0.05, 0) is 22.2 Å². The summed E-state index contributed by atoms with van der Waals surface area (Å²) in [6, 6.07) is 0. The van der Waals surface area contributed by atoms with E-state index >= 15 is 0 Å². The molecule has 0 spiro atoms. The Morgan fingerprint density at radius 3 is 1.93 bits per heavy atom. The van der Waals surface area contributed by atoms with Crippen LogP contribution in [-0.4, -0.2) is 14.9 Å². The molecule has 0 saturated heterocycles. The molecule has 15 heavy (non-hydrogen) atoms. The quantitative estimate of drug-likeness (QED) is 0.518. The molecule has 0 bridgehead atoms. The Morgan fingerprint density at radius 1 is 1.13 bits per heavy atom. The first-order valence-corrected chi connectivity index (χ1v) is 9.59. The molecular weight excluding hydrogens is 315 g/mol. The highest BCUT2D eigenvalue weighted by atomic mass is 127. The Bertz CT molecular complexity index is 226. The molecule has 0 aliphatic carbocycles. The Hall–Kier alpha value is 0.647. The largest absolute Gasteiger partial charge is 0.416 e. The molecule has 0 radical (unpaired) electrons. The highest BCUT2D eigenvalue weighted by molar-refractivity contribution is 14.1. The van der Waals surface area contributed by atoms with Gasteiger partial charge < -0.3 is 4.43 Å². The number of hydrogen-bond donors (Lipinski definition) is 0. The van der Waals surface area contributed by atoms with Gasteiger partial charge >= 0.3 is 0 Å². The van der Waals surface area contributed by atoms with E-state index in [1.807, 2.05) is 0 Å². The second-order valence-corrected chi connectivity index (χ2v) is 11.9. The van der Waals surface area contributed by atoms with Crippen LogP contribution >= 0.6 is 22.6 Å². The molecule has 0 aromatic heterocycles. The maximum Gasteiger partial charge on any atom is 0.192 e. The van der Waals surface area contributed by atoms with Gasteiger partial charge in [-0.3, -0.25) is 0 Å². The highest BCUT2D eigenvalue weighted by Gasteiger charge is 2.38. The van der Waals surface area contributed by atoms with E-state index in [2.05, 4.69) is 80.5 Å². The van der Waals surface area contributed by atoms with Crippen molar-refractivity contribution in [3.8, 4) is 0 Å². The summed E-state index contributed by atoms with van der Waals surface area (Å²) in [6.45, 7) is 16.7. The molecule has 0 fully saturated rings. The zero-order valence-electron chi connectivity index (χ0n) is 11.1. The van der Waals surface area contributed by atoms with Gasteiger partial charge in [-0.25, -0.2) is 0 Å². The van der Waals surface area contributed by atoms with Gasteiger partial charge in [0.25, 0.3) is 0 Å². The summed E-state index contributed by atoms with van der Waals surface area (Å²) in [5.41, 5.74) is 0.150. The molecule has 0 amide bonds. The fourth-order valence-electron chi connectivity index (χ4n) is 0.802. The first-order chi connectivity index (χ1) is 6.52. The number of halogens is 1. The summed E-state index contributed by atoms with van der Waals surface area (Å²) in [5.74, 6) is 0. The van der Waals surface area contributed by atoms with Crippen molar-refractivity contribution in [2.45, 2.75) is 52.8 Å². The molecule has 0 heterocycles. The molecule has 0 rings (SSSR count). The summed E-state index contributed by atoms with van der Waals surface area (Å²) < 4.78 is 8.27. The summed E-state index contributed by atoms with van der Waals surface area (Å²) in [7, 11) is -1.58. The van der Waals surface area contributed by atoms with Gasteiger partial charge in [0.1, 0.15) is 0 Å². The monoisotopic (exact) mass is 340 g/mol. The standard InChI is InChI=1S/C12H25IOSi/c1-11(2,3)15(6,7)14-10-12(4,5)8-9-13/h8-9H,10H2,1-7H3/b9-8+. The van der Waals surface area contributed by atoms with Crippen molar-refractivity contribution in [1.82, 2.24) is 0 Å². The smallest absolute Gasteiger partial charge is 0.192 e. The van der Waals surface area contributed by atoms with E-state index in [-0.39, 0.29) is 5.41 Å². The lowest BCUT2D eigenvalue weighted by Crippen LogP contribution is -2.42. The van der Waals surface area contributed by atoms with Crippen LogP contribution in [0.2, 0.25) is 18.1 Å².